The topological polar surface area (TPSA) is 88.1 Å². The zero-order valence-electron chi connectivity index (χ0n) is 8.55. The number of aromatic carboxylic acids is 1. The molecule has 0 saturated carbocycles. The van der Waals surface area contributed by atoms with E-state index in [1.165, 1.54) is 24.3 Å². The molecule has 0 spiro atoms. The molecule has 17 heavy (non-hydrogen) atoms. The summed E-state index contributed by atoms with van der Waals surface area (Å²) >= 11 is 0. The normalized spacial score (nSPS) is 10.2. The van der Waals surface area contributed by atoms with Gasteiger partial charge in [0.1, 0.15) is 23.9 Å². The second-order valence-electron chi connectivity index (χ2n) is 3.17. The third kappa shape index (κ3) is 2.57. The fourth-order valence-electron chi connectivity index (χ4n) is 1.21. The van der Waals surface area contributed by atoms with E-state index in [9.17, 15) is 9.18 Å². The smallest absolute Gasteiger partial charge is 0.358 e. The van der Waals surface area contributed by atoms with Crippen molar-refractivity contribution >= 4 is 5.97 Å². The van der Waals surface area contributed by atoms with E-state index in [1.54, 1.807) is 0 Å². The summed E-state index contributed by atoms with van der Waals surface area (Å²) in [5.41, 5.74) is -0.00561. The monoisotopic (exact) mass is 237 g/mol. The highest BCUT2D eigenvalue weighted by Gasteiger charge is 2.15. The van der Waals surface area contributed by atoms with Gasteiger partial charge in [-0.15, -0.1) is 5.10 Å². The minimum Gasteiger partial charge on any atom is -0.487 e. The Kier molecular flexibility index (Phi) is 2.99. The number of nitrogens with one attached hydrogen (secondary N) is 1. The number of carbonyl (C=O) groups is 1. The van der Waals surface area contributed by atoms with Gasteiger partial charge in [0.2, 0.25) is 0 Å². The molecule has 0 unspecified atom stereocenters. The lowest BCUT2D eigenvalue weighted by Gasteiger charge is -2.03. The molecule has 0 fully saturated rings. The lowest BCUT2D eigenvalue weighted by molar-refractivity contribution is 0.0687. The van der Waals surface area contributed by atoms with E-state index in [2.05, 4.69) is 15.4 Å². The van der Waals surface area contributed by atoms with Crippen LogP contribution in [0, 0.1) is 5.82 Å². The van der Waals surface area contributed by atoms with Gasteiger partial charge in [0.05, 0.1) is 0 Å². The first-order chi connectivity index (χ1) is 8.16. The van der Waals surface area contributed by atoms with Crippen LogP contribution >= 0.6 is 0 Å². The first-order valence-corrected chi connectivity index (χ1v) is 4.68. The van der Waals surface area contributed by atoms with Gasteiger partial charge in [0.25, 0.3) is 0 Å². The van der Waals surface area contributed by atoms with Crippen molar-refractivity contribution in [2.45, 2.75) is 6.61 Å². The van der Waals surface area contributed by atoms with E-state index >= 15 is 0 Å². The van der Waals surface area contributed by atoms with Crippen molar-refractivity contribution in [3.63, 3.8) is 0 Å². The fourth-order valence-corrected chi connectivity index (χ4v) is 1.21. The van der Waals surface area contributed by atoms with Crippen molar-refractivity contribution in [3.05, 3.63) is 41.5 Å². The molecule has 1 heterocycles. The van der Waals surface area contributed by atoms with Crippen LogP contribution in [0.3, 0.4) is 0 Å². The number of hydrogen-bond acceptors (Lipinski definition) is 4. The van der Waals surface area contributed by atoms with Gasteiger partial charge in [-0.25, -0.2) is 9.18 Å². The minimum atomic E-state index is -1.18. The molecular weight excluding hydrogens is 229 g/mol. The standard InChI is InChI=1S/C10H8FN3O3/c11-6-1-3-7(4-2-6)17-5-8-9(10(15)16)13-14-12-8/h1-4H,5H2,(H,15,16)(H,12,13,14). The largest absolute Gasteiger partial charge is 0.487 e. The van der Waals surface area contributed by atoms with E-state index in [0.717, 1.165) is 0 Å². The second-order valence-corrected chi connectivity index (χ2v) is 3.17. The molecule has 2 rings (SSSR count). The first-order valence-electron chi connectivity index (χ1n) is 4.68. The van der Waals surface area contributed by atoms with Crippen LogP contribution in [0.25, 0.3) is 0 Å². The quantitative estimate of drug-likeness (QED) is 0.834. The van der Waals surface area contributed by atoms with Crippen LogP contribution in [0.2, 0.25) is 0 Å². The summed E-state index contributed by atoms with van der Waals surface area (Å²) in [4.78, 5) is 10.7. The van der Waals surface area contributed by atoms with Gasteiger partial charge in [0.15, 0.2) is 5.69 Å². The second kappa shape index (κ2) is 4.60. The highest BCUT2D eigenvalue weighted by molar-refractivity contribution is 5.86. The van der Waals surface area contributed by atoms with Crippen molar-refractivity contribution in [1.82, 2.24) is 15.4 Å². The molecule has 2 aromatic rings. The average Bonchev–Trinajstić information content (AvgIpc) is 2.76. The van der Waals surface area contributed by atoms with E-state index in [1.807, 2.05) is 0 Å². The van der Waals surface area contributed by atoms with Crippen molar-refractivity contribution in [2.24, 2.45) is 0 Å². The summed E-state index contributed by atoms with van der Waals surface area (Å²) in [5, 5.41) is 18.1. The van der Waals surface area contributed by atoms with E-state index in [-0.39, 0.29) is 23.8 Å². The lowest BCUT2D eigenvalue weighted by Crippen LogP contribution is -2.05. The minimum absolute atomic E-state index is 0.0518. The number of ether oxygens (including phenoxy) is 1. The lowest BCUT2D eigenvalue weighted by atomic mass is 10.3. The third-order valence-electron chi connectivity index (χ3n) is 2.01. The Morgan fingerprint density at radius 2 is 2.06 bits per heavy atom. The molecule has 2 N–H and O–H groups in total. The van der Waals surface area contributed by atoms with Crippen LogP contribution in [0.15, 0.2) is 24.3 Å². The summed E-state index contributed by atoms with van der Waals surface area (Å²) in [6.45, 7) is -0.0518. The Balaban J connectivity index is 2.05. The molecule has 0 amide bonds. The molecule has 0 bridgehead atoms. The van der Waals surface area contributed by atoms with Gasteiger partial charge in [0, 0.05) is 0 Å². The van der Waals surface area contributed by atoms with Crippen LogP contribution in [0.1, 0.15) is 16.2 Å². The Hall–Kier alpha value is -2.44. The number of H-pyrrole nitrogens is 1. The number of benzene rings is 1. The Morgan fingerprint density at radius 1 is 1.35 bits per heavy atom. The van der Waals surface area contributed by atoms with Gasteiger partial charge in [-0.1, -0.05) is 0 Å². The molecule has 1 aromatic carbocycles. The molecule has 0 saturated heterocycles. The number of rotatable bonds is 4. The van der Waals surface area contributed by atoms with E-state index < -0.39 is 5.97 Å². The van der Waals surface area contributed by atoms with Crippen LogP contribution < -0.4 is 4.74 Å². The summed E-state index contributed by atoms with van der Waals surface area (Å²) in [6, 6.07) is 5.37. The van der Waals surface area contributed by atoms with Crippen LogP contribution in [-0.4, -0.2) is 26.5 Å². The number of hydrogen-bond donors (Lipinski definition) is 2. The highest BCUT2D eigenvalue weighted by atomic mass is 19.1. The number of carboxylic acid groups (broad SMARTS) is 1. The molecule has 88 valence electrons. The maximum Gasteiger partial charge on any atom is 0.358 e. The van der Waals surface area contributed by atoms with E-state index in [0.29, 0.717) is 5.75 Å². The van der Waals surface area contributed by atoms with Gasteiger partial charge >= 0.3 is 5.97 Å². The number of halogens is 1. The maximum atomic E-state index is 12.6. The van der Waals surface area contributed by atoms with Crippen molar-refractivity contribution in [2.75, 3.05) is 0 Å². The maximum absolute atomic E-state index is 12.6. The number of nitrogens with zero attached hydrogens (tertiary/aromatic N) is 2. The summed E-state index contributed by atoms with van der Waals surface area (Å²) in [5.74, 6) is -1.13. The van der Waals surface area contributed by atoms with Crippen LogP contribution in [-0.2, 0) is 6.61 Å². The SMILES string of the molecule is O=C(O)c1n[nH]nc1COc1ccc(F)cc1. The van der Waals surface area contributed by atoms with Crippen molar-refractivity contribution < 1.29 is 19.0 Å². The molecule has 0 atom stereocenters. The van der Waals surface area contributed by atoms with Crippen molar-refractivity contribution in [3.8, 4) is 5.75 Å². The molecule has 6 nitrogen and oxygen atoms in total. The van der Waals surface area contributed by atoms with Crippen LogP contribution in [0.5, 0.6) is 5.75 Å². The fraction of sp³-hybridized carbons (Fsp3) is 0.100. The highest BCUT2D eigenvalue weighted by Crippen LogP contribution is 2.13. The van der Waals surface area contributed by atoms with E-state index in [4.69, 9.17) is 9.84 Å². The summed E-state index contributed by atoms with van der Waals surface area (Å²) in [6.07, 6.45) is 0. The van der Waals surface area contributed by atoms with Gasteiger partial charge in [-0.2, -0.15) is 10.3 Å². The van der Waals surface area contributed by atoms with Gasteiger partial charge < -0.3 is 9.84 Å². The first kappa shape index (κ1) is 11.1. The summed E-state index contributed by atoms with van der Waals surface area (Å²) < 4.78 is 17.9. The predicted molar refractivity (Wildman–Crippen MR) is 54.1 cm³/mol. The predicted octanol–water partition coefficient (Wildman–Crippen LogP) is 1.22. The molecule has 0 aliphatic heterocycles. The number of carboxylic acids is 1. The van der Waals surface area contributed by atoms with Gasteiger partial charge in [-0.3, -0.25) is 0 Å². The Morgan fingerprint density at radius 3 is 2.71 bits per heavy atom. The summed E-state index contributed by atoms with van der Waals surface area (Å²) in [7, 11) is 0. The molecular formula is C10H8FN3O3. The Labute approximate surface area is 95.0 Å². The number of aromatic nitrogens is 3. The molecule has 1 aromatic heterocycles. The average molecular weight is 237 g/mol. The Bertz CT molecular complexity index is 524. The molecule has 0 aliphatic rings. The third-order valence-corrected chi connectivity index (χ3v) is 2.01. The molecule has 0 radical (unpaired) electrons. The van der Waals surface area contributed by atoms with Gasteiger partial charge in [-0.05, 0) is 24.3 Å². The van der Waals surface area contributed by atoms with Crippen molar-refractivity contribution in [1.29, 1.82) is 0 Å². The van der Waals surface area contributed by atoms with Crippen LogP contribution in [0.4, 0.5) is 4.39 Å². The molecule has 0 aliphatic carbocycles. The molecule has 7 heteroatoms. The number of aromatic amines is 1. The zero-order chi connectivity index (χ0) is 12.3. The zero-order valence-corrected chi connectivity index (χ0v) is 8.55.